The minimum atomic E-state index is -3.81. The normalized spacial score (nSPS) is 14.8. The van der Waals surface area contributed by atoms with E-state index in [0.717, 1.165) is 24.2 Å². The molecule has 2 heterocycles. The highest BCUT2D eigenvalue weighted by Crippen LogP contribution is 2.22. The summed E-state index contributed by atoms with van der Waals surface area (Å²) in [6.45, 7) is 2.30. The van der Waals surface area contributed by atoms with E-state index in [2.05, 4.69) is 61.5 Å². The maximum atomic E-state index is 12.8. The van der Waals surface area contributed by atoms with Crippen molar-refractivity contribution >= 4 is 55.0 Å². The first-order valence-corrected chi connectivity index (χ1v) is 12.1. The second-order valence-electron chi connectivity index (χ2n) is 7.02. The predicted octanol–water partition coefficient (Wildman–Crippen LogP) is 2.47. The first-order valence-electron chi connectivity index (χ1n) is 9.55. The molecule has 0 radical (unpaired) electrons. The van der Waals surface area contributed by atoms with Crippen molar-refractivity contribution in [1.82, 2.24) is 14.6 Å². The fraction of sp³-hybridized carbons (Fsp3) is 0.238. The Bertz CT molecular complexity index is 1160. The molecule has 0 spiro atoms. The van der Waals surface area contributed by atoms with Gasteiger partial charge in [0.1, 0.15) is 0 Å². The number of hydrogen-bond donors (Lipinski definition) is 1. The molecule has 0 atom stereocenters. The molecule has 2 aromatic carbocycles. The van der Waals surface area contributed by atoms with E-state index in [4.69, 9.17) is 0 Å². The zero-order chi connectivity index (χ0) is 21.1. The highest BCUT2D eigenvalue weighted by Gasteiger charge is 2.24. The standard InChI is InChI=1S/C21H21IN4O3S/c22-17-4-6-18(7-5-17)25-10-12-26(13-11-25)21(27)15-24-30(28,29)20-3-1-2-16-14-23-9-8-19(16)20/h1-9,14,24H,10-13,15H2. The smallest absolute Gasteiger partial charge is 0.241 e. The van der Waals surface area contributed by atoms with Crippen LogP contribution in [0.1, 0.15) is 0 Å². The van der Waals surface area contributed by atoms with Gasteiger partial charge in [0.15, 0.2) is 0 Å². The summed E-state index contributed by atoms with van der Waals surface area (Å²) in [6, 6.07) is 14.9. The number of piperazine rings is 1. The number of pyridine rings is 1. The summed E-state index contributed by atoms with van der Waals surface area (Å²) in [5.74, 6) is -0.220. The number of halogens is 1. The van der Waals surface area contributed by atoms with E-state index in [-0.39, 0.29) is 17.3 Å². The SMILES string of the molecule is O=C(CNS(=O)(=O)c1cccc2cnccc12)N1CCN(c2ccc(I)cc2)CC1. The first-order chi connectivity index (χ1) is 14.4. The van der Waals surface area contributed by atoms with Crippen molar-refractivity contribution in [3.05, 3.63) is 64.5 Å². The predicted molar refractivity (Wildman–Crippen MR) is 125 cm³/mol. The highest BCUT2D eigenvalue weighted by molar-refractivity contribution is 14.1. The van der Waals surface area contributed by atoms with Crippen molar-refractivity contribution in [2.45, 2.75) is 4.90 Å². The van der Waals surface area contributed by atoms with Gasteiger partial charge in [0.05, 0.1) is 11.4 Å². The third kappa shape index (κ3) is 4.57. The fourth-order valence-corrected chi connectivity index (χ4v) is 5.10. The summed E-state index contributed by atoms with van der Waals surface area (Å²) in [7, 11) is -3.81. The van der Waals surface area contributed by atoms with Crippen LogP contribution in [0.4, 0.5) is 5.69 Å². The molecule has 1 aromatic heterocycles. The van der Waals surface area contributed by atoms with Gasteiger partial charge >= 0.3 is 0 Å². The number of aromatic nitrogens is 1. The van der Waals surface area contributed by atoms with Crippen LogP contribution in [0.25, 0.3) is 10.8 Å². The number of nitrogens with zero attached hydrogens (tertiary/aromatic N) is 3. The first kappa shape index (κ1) is 21.0. The Hall–Kier alpha value is -2.24. The Labute approximate surface area is 189 Å². The van der Waals surface area contributed by atoms with Gasteiger partial charge in [-0.2, -0.15) is 0 Å². The third-order valence-electron chi connectivity index (χ3n) is 5.17. The molecule has 30 heavy (non-hydrogen) atoms. The highest BCUT2D eigenvalue weighted by atomic mass is 127. The minimum absolute atomic E-state index is 0.152. The summed E-state index contributed by atoms with van der Waals surface area (Å²) in [4.78, 5) is 20.7. The Morgan fingerprint density at radius 3 is 2.50 bits per heavy atom. The number of anilines is 1. The number of carbonyl (C=O) groups is 1. The molecule has 0 bridgehead atoms. The topological polar surface area (TPSA) is 82.6 Å². The molecule has 0 unspecified atom stereocenters. The molecule has 156 valence electrons. The number of sulfonamides is 1. The van der Waals surface area contributed by atoms with Crippen LogP contribution in [0.3, 0.4) is 0 Å². The third-order valence-corrected chi connectivity index (χ3v) is 7.35. The number of rotatable bonds is 5. The summed E-state index contributed by atoms with van der Waals surface area (Å²) < 4.78 is 29.2. The summed E-state index contributed by atoms with van der Waals surface area (Å²) in [5.41, 5.74) is 1.13. The number of hydrogen-bond acceptors (Lipinski definition) is 5. The maximum Gasteiger partial charge on any atom is 0.241 e. The van der Waals surface area contributed by atoms with Gasteiger partial charge in [-0.25, -0.2) is 13.1 Å². The van der Waals surface area contributed by atoms with Gasteiger partial charge in [0.2, 0.25) is 15.9 Å². The van der Waals surface area contributed by atoms with Crippen LogP contribution in [0.5, 0.6) is 0 Å². The Morgan fingerprint density at radius 2 is 1.77 bits per heavy atom. The largest absolute Gasteiger partial charge is 0.368 e. The van der Waals surface area contributed by atoms with Crippen molar-refractivity contribution < 1.29 is 13.2 Å². The van der Waals surface area contributed by atoms with Crippen molar-refractivity contribution in [1.29, 1.82) is 0 Å². The zero-order valence-electron chi connectivity index (χ0n) is 16.2. The van der Waals surface area contributed by atoms with E-state index >= 15 is 0 Å². The van der Waals surface area contributed by atoms with Crippen LogP contribution >= 0.6 is 22.6 Å². The molecule has 4 rings (SSSR count). The quantitative estimate of drug-likeness (QED) is 0.507. The van der Waals surface area contributed by atoms with Gasteiger partial charge in [-0.3, -0.25) is 9.78 Å². The van der Waals surface area contributed by atoms with E-state index in [1.54, 1.807) is 35.5 Å². The molecule has 7 nitrogen and oxygen atoms in total. The molecule has 0 aliphatic carbocycles. The van der Waals surface area contributed by atoms with Gasteiger partial charge in [-0.05, 0) is 59.0 Å². The van der Waals surface area contributed by atoms with Crippen LogP contribution in [0.2, 0.25) is 0 Å². The maximum absolute atomic E-state index is 12.8. The molecule has 1 aliphatic heterocycles. The lowest BCUT2D eigenvalue weighted by molar-refractivity contribution is -0.130. The second kappa shape index (κ2) is 8.86. The van der Waals surface area contributed by atoms with Crippen molar-refractivity contribution in [2.24, 2.45) is 0 Å². The van der Waals surface area contributed by atoms with E-state index in [0.29, 0.717) is 18.5 Å². The van der Waals surface area contributed by atoms with Gasteiger partial charge < -0.3 is 9.80 Å². The molecular formula is C21H21IN4O3S. The molecular weight excluding hydrogens is 515 g/mol. The Kier molecular flexibility index (Phi) is 6.21. The number of nitrogens with one attached hydrogen (secondary N) is 1. The van der Waals surface area contributed by atoms with Gasteiger partial charge in [-0.15, -0.1) is 0 Å². The van der Waals surface area contributed by atoms with E-state index in [1.807, 2.05) is 0 Å². The van der Waals surface area contributed by atoms with E-state index < -0.39 is 10.0 Å². The number of carbonyl (C=O) groups excluding carboxylic acids is 1. The van der Waals surface area contributed by atoms with Gasteiger partial charge in [0.25, 0.3) is 0 Å². The lowest BCUT2D eigenvalue weighted by Gasteiger charge is -2.36. The number of fused-ring (bicyclic) bond motifs is 1. The fourth-order valence-electron chi connectivity index (χ4n) is 3.54. The van der Waals surface area contributed by atoms with Crippen LogP contribution in [-0.4, -0.2) is 56.9 Å². The lowest BCUT2D eigenvalue weighted by atomic mass is 10.2. The van der Waals surface area contributed by atoms with Gasteiger partial charge in [-0.1, -0.05) is 12.1 Å². The number of amides is 1. The van der Waals surface area contributed by atoms with Crippen molar-refractivity contribution in [2.75, 3.05) is 37.6 Å². The molecule has 3 aromatic rings. The van der Waals surface area contributed by atoms with Crippen LogP contribution in [0, 0.1) is 3.57 Å². The number of benzene rings is 2. The molecule has 1 amide bonds. The zero-order valence-corrected chi connectivity index (χ0v) is 19.1. The summed E-state index contributed by atoms with van der Waals surface area (Å²) >= 11 is 2.27. The molecule has 0 saturated carbocycles. The second-order valence-corrected chi connectivity index (χ2v) is 10.0. The monoisotopic (exact) mass is 536 g/mol. The van der Waals surface area contributed by atoms with E-state index in [1.165, 1.54) is 9.64 Å². The Balaban J connectivity index is 1.37. The van der Waals surface area contributed by atoms with Crippen LogP contribution in [0.15, 0.2) is 65.8 Å². The molecule has 1 saturated heterocycles. The molecule has 1 N–H and O–H groups in total. The minimum Gasteiger partial charge on any atom is -0.368 e. The van der Waals surface area contributed by atoms with Crippen LogP contribution < -0.4 is 9.62 Å². The lowest BCUT2D eigenvalue weighted by Crippen LogP contribution is -2.51. The van der Waals surface area contributed by atoms with Crippen molar-refractivity contribution in [3.63, 3.8) is 0 Å². The molecule has 1 fully saturated rings. The average Bonchev–Trinajstić information content (AvgIpc) is 2.78. The molecule has 1 aliphatic rings. The summed E-state index contributed by atoms with van der Waals surface area (Å²) in [6.07, 6.45) is 3.17. The van der Waals surface area contributed by atoms with Crippen molar-refractivity contribution in [3.8, 4) is 0 Å². The summed E-state index contributed by atoms with van der Waals surface area (Å²) in [5, 5.41) is 1.32. The van der Waals surface area contributed by atoms with E-state index in [9.17, 15) is 13.2 Å². The Morgan fingerprint density at radius 1 is 1.03 bits per heavy atom. The molecule has 9 heteroatoms. The van der Waals surface area contributed by atoms with Gasteiger partial charge in [0, 0.05) is 58.6 Å². The average molecular weight is 536 g/mol. The van der Waals surface area contributed by atoms with Crippen LogP contribution in [-0.2, 0) is 14.8 Å².